The number of rotatable bonds is 3. The van der Waals surface area contributed by atoms with Crippen molar-refractivity contribution in [1.82, 2.24) is 0 Å². The number of alkyl halides is 3. The van der Waals surface area contributed by atoms with E-state index in [0.29, 0.717) is 16.5 Å². The largest absolute Gasteiger partial charge is 0.497 e. The molecule has 2 aromatic carbocycles. The SMILES string of the molecule is COc1ccc2cc(C(=O)C(F)(F)F)c(OC)cc2c1. The van der Waals surface area contributed by atoms with Crippen LogP contribution >= 0.6 is 0 Å². The smallest absolute Gasteiger partial charge is 0.455 e. The number of ether oxygens (including phenoxy) is 2. The van der Waals surface area contributed by atoms with E-state index < -0.39 is 17.5 Å². The summed E-state index contributed by atoms with van der Waals surface area (Å²) in [7, 11) is 2.70. The van der Waals surface area contributed by atoms with Gasteiger partial charge in [-0.2, -0.15) is 13.2 Å². The van der Waals surface area contributed by atoms with Crippen LogP contribution in [0, 0.1) is 0 Å². The van der Waals surface area contributed by atoms with Gasteiger partial charge in [-0.15, -0.1) is 0 Å². The van der Waals surface area contributed by atoms with Crippen LogP contribution in [0.2, 0.25) is 0 Å². The average Bonchev–Trinajstić information content (AvgIpc) is 2.43. The van der Waals surface area contributed by atoms with E-state index in [1.54, 1.807) is 18.2 Å². The summed E-state index contributed by atoms with van der Waals surface area (Å²) in [6.45, 7) is 0. The second-order valence-corrected chi connectivity index (χ2v) is 4.09. The normalized spacial score (nSPS) is 11.4. The molecule has 0 aliphatic carbocycles. The third-order valence-corrected chi connectivity index (χ3v) is 2.87. The summed E-state index contributed by atoms with van der Waals surface area (Å²) in [6.07, 6.45) is -4.94. The van der Waals surface area contributed by atoms with Gasteiger partial charge in [-0.25, -0.2) is 0 Å². The van der Waals surface area contributed by atoms with Gasteiger partial charge in [0.15, 0.2) is 0 Å². The molecule has 3 nitrogen and oxygen atoms in total. The van der Waals surface area contributed by atoms with Gasteiger partial charge in [0.2, 0.25) is 0 Å². The number of benzene rings is 2. The fourth-order valence-electron chi connectivity index (χ4n) is 1.88. The Labute approximate surface area is 112 Å². The first kappa shape index (κ1) is 14.2. The molecule has 106 valence electrons. The maximum Gasteiger partial charge on any atom is 0.455 e. The van der Waals surface area contributed by atoms with Crippen molar-refractivity contribution >= 4 is 16.6 Å². The molecule has 2 rings (SSSR count). The van der Waals surface area contributed by atoms with E-state index >= 15 is 0 Å². The van der Waals surface area contributed by atoms with Crippen LogP contribution in [0.3, 0.4) is 0 Å². The molecule has 0 aromatic heterocycles. The Morgan fingerprint density at radius 3 is 2.25 bits per heavy atom. The molecule has 0 unspecified atom stereocenters. The molecule has 0 atom stereocenters. The first-order valence-corrected chi connectivity index (χ1v) is 5.64. The Kier molecular flexibility index (Phi) is 3.57. The van der Waals surface area contributed by atoms with Gasteiger partial charge in [-0.3, -0.25) is 4.79 Å². The monoisotopic (exact) mass is 284 g/mol. The van der Waals surface area contributed by atoms with Crippen molar-refractivity contribution in [1.29, 1.82) is 0 Å². The Balaban J connectivity index is 2.64. The summed E-state index contributed by atoms with van der Waals surface area (Å²) in [4.78, 5) is 11.4. The van der Waals surface area contributed by atoms with Crippen LogP contribution in [0.25, 0.3) is 10.8 Å². The van der Waals surface area contributed by atoms with E-state index in [1.807, 2.05) is 0 Å². The molecule has 0 aliphatic heterocycles. The van der Waals surface area contributed by atoms with Crippen molar-refractivity contribution in [3.05, 3.63) is 35.9 Å². The van der Waals surface area contributed by atoms with Crippen LogP contribution in [0.1, 0.15) is 10.4 Å². The Bertz CT molecular complexity index is 662. The predicted octanol–water partition coefficient (Wildman–Crippen LogP) is 3.60. The van der Waals surface area contributed by atoms with Crippen molar-refractivity contribution < 1.29 is 27.4 Å². The molecule has 0 bridgehead atoms. The van der Waals surface area contributed by atoms with E-state index in [9.17, 15) is 18.0 Å². The number of halogens is 3. The summed E-state index contributed by atoms with van der Waals surface area (Å²) in [5.41, 5.74) is -0.502. The highest BCUT2D eigenvalue weighted by Crippen LogP contribution is 2.32. The lowest BCUT2D eigenvalue weighted by Crippen LogP contribution is -2.23. The van der Waals surface area contributed by atoms with Gasteiger partial charge >= 0.3 is 6.18 Å². The molecular formula is C14H11F3O3. The molecule has 0 radical (unpaired) electrons. The number of methoxy groups -OCH3 is 2. The maximum atomic E-state index is 12.5. The third kappa shape index (κ3) is 2.54. The second kappa shape index (κ2) is 5.03. The Morgan fingerprint density at radius 2 is 1.70 bits per heavy atom. The number of hydrogen-bond acceptors (Lipinski definition) is 3. The van der Waals surface area contributed by atoms with E-state index in [1.165, 1.54) is 26.4 Å². The molecule has 6 heteroatoms. The van der Waals surface area contributed by atoms with E-state index in [-0.39, 0.29) is 5.75 Å². The molecule has 0 N–H and O–H groups in total. The van der Waals surface area contributed by atoms with Crippen LogP contribution in [0.5, 0.6) is 11.5 Å². The summed E-state index contributed by atoms with van der Waals surface area (Å²) >= 11 is 0. The molecule has 20 heavy (non-hydrogen) atoms. The average molecular weight is 284 g/mol. The second-order valence-electron chi connectivity index (χ2n) is 4.09. The van der Waals surface area contributed by atoms with Crippen molar-refractivity contribution in [3.63, 3.8) is 0 Å². The molecule has 0 amide bonds. The first-order valence-electron chi connectivity index (χ1n) is 5.64. The zero-order chi connectivity index (χ0) is 14.9. The highest BCUT2D eigenvalue weighted by atomic mass is 19.4. The van der Waals surface area contributed by atoms with E-state index in [2.05, 4.69) is 0 Å². The van der Waals surface area contributed by atoms with Crippen LogP contribution in [0.15, 0.2) is 30.3 Å². The summed E-state index contributed by atoms with van der Waals surface area (Å²) in [5.74, 6) is -1.48. The van der Waals surface area contributed by atoms with Crippen molar-refractivity contribution in [2.24, 2.45) is 0 Å². The van der Waals surface area contributed by atoms with Crippen LogP contribution in [0.4, 0.5) is 13.2 Å². The van der Waals surface area contributed by atoms with E-state index in [0.717, 1.165) is 0 Å². The molecule has 0 saturated carbocycles. The van der Waals surface area contributed by atoms with Gasteiger partial charge in [-0.05, 0) is 35.0 Å². The molecule has 0 heterocycles. The Morgan fingerprint density at radius 1 is 1.00 bits per heavy atom. The van der Waals surface area contributed by atoms with Gasteiger partial charge in [0.25, 0.3) is 5.78 Å². The van der Waals surface area contributed by atoms with Gasteiger partial charge < -0.3 is 9.47 Å². The molecular weight excluding hydrogens is 273 g/mol. The van der Waals surface area contributed by atoms with Crippen LogP contribution < -0.4 is 9.47 Å². The molecule has 2 aromatic rings. The number of carbonyl (C=O) groups excluding carboxylic acids is 1. The maximum absolute atomic E-state index is 12.5. The fourth-order valence-corrected chi connectivity index (χ4v) is 1.88. The molecule has 0 saturated heterocycles. The van der Waals surface area contributed by atoms with Crippen molar-refractivity contribution in [2.75, 3.05) is 14.2 Å². The summed E-state index contributed by atoms with van der Waals surface area (Å²) < 4.78 is 47.6. The fraction of sp³-hybridized carbons (Fsp3) is 0.214. The zero-order valence-corrected chi connectivity index (χ0v) is 10.7. The number of ketones is 1. The quantitative estimate of drug-likeness (QED) is 0.808. The van der Waals surface area contributed by atoms with Crippen LogP contribution in [-0.4, -0.2) is 26.2 Å². The highest BCUT2D eigenvalue weighted by Gasteiger charge is 2.40. The van der Waals surface area contributed by atoms with Gasteiger partial charge in [0.05, 0.1) is 19.8 Å². The van der Waals surface area contributed by atoms with Gasteiger partial charge in [0, 0.05) is 0 Å². The number of hydrogen-bond donors (Lipinski definition) is 0. The lowest BCUT2D eigenvalue weighted by atomic mass is 10.0. The molecule has 0 fully saturated rings. The zero-order valence-electron chi connectivity index (χ0n) is 10.7. The highest BCUT2D eigenvalue weighted by molar-refractivity contribution is 6.06. The lowest BCUT2D eigenvalue weighted by molar-refractivity contribution is -0.0886. The van der Waals surface area contributed by atoms with Crippen molar-refractivity contribution in [2.45, 2.75) is 6.18 Å². The summed E-state index contributed by atoms with van der Waals surface area (Å²) in [6, 6.07) is 7.40. The number of Topliss-reactive ketones (excluding diaryl/α,β-unsaturated/α-hetero) is 1. The van der Waals surface area contributed by atoms with E-state index in [4.69, 9.17) is 9.47 Å². The molecule has 0 aliphatic rings. The third-order valence-electron chi connectivity index (χ3n) is 2.87. The van der Waals surface area contributed by atoms with Gasteiger partial charge in [-0.1, -0.05) is 6.07 Å². The van der Waals surface area contributed by atoms with Crippen LogP contribution in [-0.2, 0) is 0 Å². The predicted molar refractivity (Wildman–Crippen MR) is 67.4 cm³/mol. The summed E-state index contributed by atoms with van der Waals surface area (Å²) in [5, 5.41) is 1.12. The lowest BCUT2D eigenvalue weighted by Gasteiger charge is -2.12. The standard InChI is InChI=1S/C14H11F3O3/c1-19-10-4-3-8-6-11(13(18)14(15,16)17)12(20-2)7-9(8)5-10/h3-7H,1-2H3. The first-order chi connectivity index (χ1) is 9.36. The minimum Gasteiger partial charge on any atom is -0.497 e. The molecule has 0 spiro atoms. The Hall–Kier alpha value is -2.24. The number of carbonyl (C=O) groups is 1. The number of fused-ring (bicyclic) bond motifs is 1. The topological polar surface area (TPSA) is 35.5 Å². The van der Waals surface area contributed by atoms with Crippen molar-refractivity contribution in [3.8, 4) is 11.5 Å². The minimum absolute atomic E-state index is 0.118. The van der Waals surface area contributed by atoms with Gasteiger partial charge in [0.1, 0.15) is 11.5 Å². The minimum atomic E-state index is -4.94.